The third-order valence-electron chi connectivity index (χ3n) is 10.3. The van der Waals surface area contributed by atoms with Crippen LogP contribution in [0.15, 0.2) is 53.5 Å². The summed E-state index contributed by atoms with van der Waals surface area (Å²) in [5.41, 5.74) is 1.64. The predicted octanol–water partition coefficient (Wildman–Crippen LogP) is 3.67. The van der Waals surface area contributed by atoms with Crippen LogP contribution in [0.2, 0.25) is 0 Å². The van der Waals surface area contributed by atoms with Crippen LogP contribution in [0.25, 0.3) is 11.1 Å². The van der Waals surface area contributed by atoms with E-state index in [-0.39, 0.29) is 35.3 Å². The molecule has 11 heteroatoms. The Morgan fingerprint density at radius 3 is 2.48 bits per heavy atom. The third-order valence-corrected chi connectivity index (χ3v) is 11.7. The zero-order chi connectivity index (χ0) is 29.9. The van der Waals surface area contributed by atoms with Gasteiger partial charge in [0.05, 0.1) is 17.2 Å². The van der Waals surface area contributed by atoms with Crippen LogP contribution in [0.1, 0.15) is 51.5 Å². The first-order valence-corrected chi connectivity index (χ1v) is 16.0. The van der Waals surface area contributed by atoms with Gasteiger partial charge in [-0.05, 0) is 77.7 Å². The van der Waals surface area contributed by atoms with Gasteiger partial charge in [-0.1, -0.05) is 50.2 Å². The average Bonchev–Trinajstić information content (AvgIpc) is 3.80. The first-order chi connectivity index (χ1) is 19.9. The molecular weight excluding hydrogens is 554 g/mol. The number of hydrogen-bond donors (Lipinski definition) is 4. The summed E-state index contributed by atoms with van der Waals surface area (Å²) in [6.45, 7) is 3.97. The van der Waals surface area contributed by atoms with Crippen LogP contribution in [0.5, 0.6) is 0 Å². The Bertz CT molecular complexity index is 1630. The fourth-order valence-electron chi connectivity index (χ4n) is 8.02. The molecule has 4 aliphatic carbocycles. The predicted molar refractivity (Wildman–Crippen MR) is 158 cm³/mol. The lowest BCUT2D eigenvalue weighted by Crippen LogP contribution is -2.46. The number of sulfonamides is 1. The summed E-state index contributed by atoms with van der Waals surface area (Å²) in [6.07, 6.45) is 6.12. The molecule has 0 aliphatic heterocycles. The van der Waals surface area contributed by atoms with Crippen LogP contribution in [0.4, 0.5) is 5.69 Å². The van der Waals surface area contributed by atoms with Crippen molar-refractivity contribution < 1.29 is 23.1 Å². The van der Waals surface area contributed by atoms with Crippen molar-refractivity contribution in [1.29, 1.82) is 5.26 Å². The summed E-state index contributed by atoms with van der Waals surface area (Å²) in [5.74, 6) is -0.966. The normalized spacial score (nSPS) is 28.1. The highest BCUT2D eigenvalue weighted by Gasteiger charge is 2.92. The van der Waals surface area contributed by atoms with Crippen LogP contribution in [0, 0.1) is 33.6 Å². The quantitative estimate of drug-likeness (QED) is 0.141. The van der Waals surface area contributed by atoms with E-state index >= 15 is 0 Å². The van der Waals surface area contributed by atoms with Gasteiger partial charge in [0, 0.05) is 12.1 Å². The Kier molecular flexibility index (Phi) is 6.70. The van der Waals surface area contributed by atoms with Crippen molar-refractivity contribution >= 4 is 33.4 Å². The maximum absolute atomic E-state index is 13.3. The summed E-state index contributed by atoms with van der Waals surface area (Å²) in [5, 5.41) is 24.6. The fourth-order valence-corrected chi connectivity index (χ4v) is 10.1. The second-order valence-electron chi connectivity index (χ2n) is 12.7. The molecule has 0 amide bonds. The summed E-state index contributed by atoms with van der Waals surface area (Å²) >= 11 is 0. The zero-order valence-corrected chi connectivity index (χ0v) is 24.5. The topological polar surface area (TPSA) is 161 Å². The highest BCUT2D eigenvalue weighted by molar-refractivity contribution is 7.89. The minimum absolute atomic E-state index is 0.00913. The molecule has 42 heavy (non-hydrogen) atoms. The molecule has 2 aromatic carbocycles. The van der Waals surface area contributed by atoms with Gasteiger partial charge in [-0.3, -0.25) is 14.9 Å². The number of ketones is 1. The summed E-state index contributed by atoms with van der Waals surface area (Å²) < 4.78 is 29.0. The van der Waals surface area contributed by atoms with Gasteiger partial charge in [-0.2, -0.15) is 5.26 Å². The number of nitrogens with zero attached hydrogens (tertiary/aromatic N) is 2. The van der Waals surface area contributed by atoms with Crippen molar-refractivity contribution in [3.8, 4) is 17.3 Å². The lowest BCUT2D eigenvalue weighted by atomic mass is 9.66. The van der Waals surface area contributed by atoms with E-state index in [2.05, 4.69) is 20.3 Å². The van der Waals surface area contributed by atoms with Crippen molar-refractivity contribution in [2.75, 3.05) is 11.1 Å². The van der Waals surface area contributed by atoms with E-state index in [0.29, 0.717) is 17.9 Å². The largest absolute Gasteiger partial charge is 0.480 e. The molecule has 4 atom stereocenters. The SMILES string of the molecule is CC1(C)C2(CS(=O)(=O)N[C@@H](Cc3ccc(-c4cccc(NC(=NC5CC5)NC#N)c4)cc3)C(=O)O)C(=O)C[C@@H]3CCC312. The van der Waals surface area contributed by atoms with Crippen LogP contribution < -0.4 is 15.4 Å². The Hall–Kier alpha value is -3.75. The van der Waals surface area contributed by atoms with Gasteiger partial charge in [-0.15, -0.1) is 0 Å². The number of nitrogens with one attached hydrogen (secondary N) is 3. The summed E-state index contributed by atoms with van der Waals surface area (Å²) in [7, 11) is -4.05. The van der Waals surface area contributed by atoms with Gasteiger partial charge in [0.25, 0.3) is 0 Å². The number of anilines is 1. The minimum atomic E-state index is -4.05. The maximum Gasteiger partial charge on any atom is 0.322 e. The van der Waals surface area contributed by atoms with E-state index in [1.54, 1.807) is 12.1 Å². The number of nitriles is 1. The lowest BCUT2D eigenvalue weighted by Gasteiger charge is -2.37. The van der Waals surface area contributed by atoms with Gasteiger partial charge < -0.3 is 10.4 Å². The van der Waals surface area contributed by atoms with Crippen LogP contribution in [-0.2, 0) is 26.0 Å². The summed E-state index contributed by atoms with van der Waals surface area (Å²) in [4.78, 5) is 29.6. The van der Waals surface area contributed by atoms with Crippen molar-refractivity contribution in [2.24, 2.45) is 27.2 Å². The molecule has 0 radical (unpaired) electrons. The van der Waals surface area contributed by atoms with Gasteiger partial charge in [-0.25, -0.2) is 18.1 Å². The number of Topliss-reactive ketones (excluding diaryl/α,β-unsaturated/α-hetero) is 1. The van der Waals surface area contributed by atoms with Gasteiger partial charge in [0.2, 0.25) is 16.0 Å². The Balaban J connectivity index is 1.13. The number of aliphatic imine (C=N–C) groups is 1. The second kappa shape index (κ2) is 9.92. The molecule has 4 N–H and O–H groups in total. The maximum atomic E-state index is 13.3. The number of benzene rings is 2. The molecule has 0 bridgehead atoms. The number of hydrogen-bond acceptors (Lipinski definition) is 6. The Labute approximate surface area is 245 Å². The summed E-state index contributed by atoms with van der Waals surface area (Å²) in [6, 6.07) is 13.8. The number of rotatable bonds is 10. The molecule has 0 saturated heterocycles. The molecule has 2 aromatic rings. The number of carboxylic acids is 1. The standard InChI is InChI=1S/C31H35N5O5S/c1-29(2)30-13-12-22(30)16-26(37)31(29,30)17-42(40,41)36-25(27(38)39)14-19-6-8-20(9-7-19)21-4-3-5-24(15-21)35-28(33-18-32)34-23-10-11-23/h3-9,15,22-23,25,36H,10-14,16-17H2,1-2H3,(H,38,39)(H2,33,34,35)/t22-,25-,30?,31?/m0/s1. The van der Waals surface area contributed by atoms with E-state index in [0.717, 1.165) is 42.5 Å². The van der Waals surface area contributed by atoms with Crippen LogP contribution in [0.3, 0.4) is 0 Å². The van der Waals surface area contributed by atoms with Crippen LogP contribution >= 0.6 is 0 Å². The smallest absolute Gasteiger partial charge is 0.322 e. The molecule has 0 heterocycles. The third kappa shape index (κ3) is 4.48. The molecule has 0 aromatic heterocycles. The van der Waals surface area contributed by atoms with Crippen molar-refractivity contribution in [3.63, 3.8) is 0 Å². The van der Waals surface area contributed by atoms with Crippen molar-refractivity contribution in [2.45, 2.75) is 64.5 Å². The van der Waals surface area contributed by atoms with Crippen LogP contribution in [-0.4, -0.2) is 49.1 Å². The first kappa shape index (κ1) is 28.4. The zero-order valence-electron chi connectivity index (χ0n) is 23.7. The number of carboxylic acid groups (broad SMARTS) is 1. The van der Waals surface area contributed by atoms with E-state index in [9.17, 15) is 23.1 Å². The molecule has 10 nitrogen and oxygen atoms in total. The van der Waals surface area contributed by atoms with Crippen molar-refractivity contribution in [1.82, 2.24) is 10.0 Å². The van der Waals surface area contributed by atoms with E-state index < -0.39 is 32.9 Å². The highest BCUT2D eigenvalue weighted by Crippen LogP contribution is 2.91. The van der Waals surface area contributed by atoms with Gasteiger partial charge >= 0.3 is 5.97 Å². The molecule has 1 spiro atoms. The molecule has 6 rings (SSSR count). The number of aliphatic carboxylic acids is 1. The molecule has 4 aliphatic rings. The monoisotopic (exact) mass is 589 g/mol. The molecular formula is C31H35N5O5S. The number of carbonyl (C=O) groups is 2. The van der Waals surface area contributed by atoms with E-state index in [1.807, 2.05) is 56.4 Å². The average molecular weight is 590 g/mol. The Morgan fingerprint density at radius 1 is 1.14 bits per heavy atom. The molecule has 4 fully saturated rings. The second-order valence-corrected chi connectivity index (χ2v) is 14.4. The lowest BCUT2D eigenvalue weighted by molar-refractivity contribution is -0.138. The van der Waals surface area contributed by atoms with Gasteiger partial charge in [0.1, 0.15) is 11.8 Å². The van der Waals surface area contributed by atoms with Crippen molar-refractivity contribution in [3.05, 3.63) is 54.1 Å². The molecule has 2 unspecified atom stereocenters. The molecule has 220 valence electrons. The number of carbonyl (C=O) groups excluding carboxylic acids is 1. The van der Waals surface area contributed by atoms with E-state index in [4.69, 9.17) is 5.26 Å². The van der Waals surface area contributed by atoms with E-state index in [1.165, 1.54) is 0 Å². The number of guanidine groups is 1. The molecule has 4 saturated carbocycles. The Morgan fingerprint density at radius 2 is 1.88 bits per heavy atom. The minimum Gasteiger partial charge on any atom is -0.480 e. The van der Waals surface area contributed by atoms with Gasteiger partial charge in [0.15, 0.2) is 6.19 Å². The fraction of sp³-hybridized carbons (Fsp3) is 0.484. The highest BCUT2D eigenvalue weighted by atomic mass is 32.2. The first-order valence-electron chi connectivity index (χ1n) is 14.4.